The number of carbonyl (C=O) groups excluding carboxylic acids is 1. The highest BCUT2D eigenvalue weighted by atomic mass is 33.1. The van der Waals surface area contributed by atoms with Crippen LogP contribution in [0.2, 0.25) is 0 Å². The van der Waals surface area contributed by atoms with Gasteiger partial charge in [-0.05, 0) is 38.9 Å². The summed E-state index contributed by atoms with van der Waals surface area (Å²) in [7, 11) is 6.19. The van der Waals surface area contributed by atoms with Gasteiger partial charge in [0.05, 0.1) is 0 Å². The van der Waals surface area contributed by atoms with Crippen LogP contribution in [0.4, 0.5) is 0 Å². The van der Waals surface area contributed by atoms with E-state index in [1.165, 1.54) is 13.8 Å². The van der Waals surface area contributed by atoms with E-state index in [0.29, 0.717) is 0 Å². The summed E-state index contributed by atoms with van der Waals surface area (Å²) in [5, 5.41) is 0. The highest BCUT2D eigenvalue weighted by Gasteiger charge is 1.62. The Labute approximate surface area is 149 Å². The first-order chi connectivity index (χ1) is 9.62. The second-order valence-electron chi connectivity index (χ2n) is 2.87. The first kappa shape index (κ1) is 37.7. The Balaban J connectivity index is -0.0000000324. The molecule has 0 heterocycles. The second kappa shape index (κ2) is 58.7. The number of ketones is 1. The zero-order valence-corrected chi connectivity index (χ0v) is 18.7. The van der Waals surface area contributed by atoms with Crippen LogP contribution in [0.3, 0.4) is 0 Å². The Morgan fingerprint density at radius 3 is 0.952 bits per heavy atom. The van der Waals surface area contributed by atoms with Crippen LogP contribution < -0.4 is 0 Å². The van der Waals surface area contributed by atoms with Crippen molar-refractivity contribution in [2.45, 2.75) is 13.8 Å². The SMILES string of the molecule is CC(C)=O.COC.CS(C)=O.CSC.CSSC.O=S=O. The molecule has 0 saturated carbocycles. The molecule has 0 aromatic heterocycles. The summed E-state index contributed by atoms with van der Waals surface area (Å²) in [4.78, 5) is 9.44. The number of methoxy groups -OCH3 is 1. The van der Waals surface area contributed by atoms with Crippen LogP contribution in [-0.4, -0.2) is 70.2 Å². The minimum absolute atomic E-state index is 0.167. The van der Waals surface area contributed by atoms with Gasteiger partial charge in [0.25, 0.3) is 0 Å². The first-order valence-electron chi connectivity index (χ1n) is 5.14. The van der Waals surface area contributed by atoms with Gasteiger partial charge in [0.1, 0.15) is 5.78 Å². The standard InChI is InChI=1S/C3H6O.C2H6OS.C2H6O.C2H6S2.C2H6S.O2S/c1-3(2)4;1-4(2)3;1-3-2;1-3-4-2;2*1-3-2/h2*1-2H3;1-2H3;1-2H3;1-2H3;. The molecule has 0 bridgehead atoms. The first-order valence-corrected chi connectivity index (χ1v) is 12.4. The van der Waals surface area contributed by atoms with Gasteiger partial charge < -0.3 is 9.53 Å². The molecule has 0 N–H and O–H groups in total. The van der Waals surface area contributed by atoms with Crippen LogP contribution in [-0.2, 0) is 31.9 Å². The molecular formula is C11H30O5S5. The smallest absolute Gasteiger partial charge is 0.335 e. The summed E-state index contributed by atoms with van der Waals surface area (Å²) in [5.74, 6) is 0.167. The maximum absolute atomic E-state index is 9.56. The van der Waals surface area contributed by atoms with E-state index in [2.05, 4.69) is 17.2 Å². The van der Waals surface area contributed by atoms with Gasteiger partial charge in [-0.1, -0.05) is 21.6 Å². The number of Topliss-reactive ketones (excluding diaryl/α,β-unsaturated/α-hetero) is 1. The lowest BCUT2D eigenvalue weighted by Gasteiger charge is -1.69. The fourth-order valence-electron chi connectivity index (χ4n) is 0. The van der Waals surface area contributed by atoms with Gasteiger partial charge in [-0.2, -0.15) is 20.2 Å². The molecule has 0 aliphatic rings. The van der Waals surface area contributed by atoms with Crippen LogP contribution in [0, 0.1) is 0 Å². The summed E-state index contributed by atoms with van der Waals surface area (Å²) in [6, 6.07) is 0. The zero-order chi connectivity index (χ0) is 18.7. The summed E-state index contributed by atoms with van der Waals surface area (Å²) in [5.41, 5.74) is 0. The van der Waals surface area contributed by atoms with E-state index >= 15 is 0 Å². The summed E-state index contributed by atoms with van der Waals surface area (Å²) >= 11 is 1.000. The lowest BCUT2D eigenvalue weighted by atomic mass is 10.6. The molecule has 134 valence electrons. The number of rotatable bonds is 1. The molecule has 0 spiro atoms. The Morgan fingerprint density at radius 1 is 0.905 bits per heavy atom. The van der Waals surface area contributed by atoms with E-state index in [0.717, 1.165) is 0 Å². The highest BCUT2D eigenvalue weighted by molar-refractivity contribution is 8.76. The molecule has 0 aromatic rings. The van der Waals surface area contributed by atoms with Crippen molar-refractivity contribution >= 4 is 61.5 Å². The summed E-state index contributed by atoms with van der Waals surface area (Å²) < 4.78 is 30.4. The molecule has 0 aromatic carbocycles. The molecule has 5 nitrogen and oxygen atoms in total. The lowest BCUT2D eigenvalue weighted by molar-refractivity contribution is -0.114. The van der Waals surface area contributed by atoms with Crippen LogP contribution >= 0.6 is 33.3 Å². The molecule has 0 aliphatic heterocycles. The summed E-state index contributed by atoms with van der Waals surface area (Å²) in [6.07, 6.45) is 11.5. The van der Waals surface area contributed by atoms with E-state index in [4.69, 9.17) is 8.42 Å². The molecular weight excluding hydrogens is 372 g/mol. The van der Waals surface area contributed by atoms with E-state index in [9.17, 15) is 9.00 Å². The number of hydrogen-bond acceptors (Lipinski definition) is 8. The van der Waals surface area contributed by atoms with Crippen molar-refractivity contribution in [3.63, 3.8) is 0 Å². The van der Waals surface area contributed by atoms with Gasteiger partial charge in [-0.3, -0.25) is 4.21 Å². The third-order valence-corrected chi connectivity index (χ3v) is 1.50. The molecule has 10 heteroatoms. The van der Waals surface area contributed by atoms with Crippen molar-refractivity contribution in [2.24, 2.45) is 0 Å². The normalized spacial score (nSPS) is 6.62. The largest absolute Gasteiger partial charge is 0.388 e. The fourth-order valence-corrected chi connectivity index (χ4v) is 0. The molecule has 0 fully saturated rings. The van der Waals surface area contributed by atoms with Gasteiger partial charge in [0.2, 0.25) is 0 Å². The second-order valence-corrected chi connectivity index (χ2v) is 7.97. The quantitative estimate of drug-likeness (QED) is 0.620. The van der Waals surface area contributed by atoms with Gasteiger partial charge in [0.15, 0.2) is 0 Å². The van der Waals surface area contributed by atoms with Crippen molar-refractivity contribution in [3.8, 4) is 0 Å². The lowest BCUT2D eigenvalue weighted by Crippen LogP contribution is -1.70. The molecule has 0 aliphatic carbocycles. The summed E-state index contributed by atoms with van der Waals surface area (Å²) in [6.45, 7) is 3.06. The van der Waals surface area contributed by atoms with E-state index in [-0.39, 0.29) is 5.78 Å². The highest BCUT2D eigenvalue weighted by Crippen LogP contribution is 2.09. The number of hydrogen-bond donors (Lipinski definition) is 0. The Hall–Kier alpha value is 0.650. The van der Waals surface area contributed by atoms with Crippen molar-refractivity contribution in [3.05, 3.63) is 0 Å². The maximum atomic E-state index is 9.56. The minimum atomic E-state index is -0.750. The Morgan fingerprint density at radius 2 is 0.952 bits per heavy atom. The van der Waals surface area contributed by atoms with Crippen LogP contribution in [0.15, 0.2) is 0 Å². The minimum Gasteiger partial charge on any atom is -0.388 e. The molecule has 0 saturated heterocycles. The van der Waals surface area contributed by atoms with Gasteiger partial charge in [0, 0.05) is 37.5 Å². The predicted octanol–water partition coefficient (Wildman–Crippen LogP) is 2.79. The van der Waals surface area contributed by atoms with Crippen LogP contribution in [0.25, 0.3) is 0 Å². The number of thioether (sulfide) groups is 1. The fraction of sp³-hybridized carbons (Fsp3) is 0.909. The van der Waals surface area contributed by atoms with Crippen molar-refractivity contribution < 1.29 is 22.2 Å². The third kappa shape index (κ3) is 2640. The average Bonchev–Trinajstić information content (AvgIpc) is 2.30. The third-order valence-electron chi connectivity index (χ3n) is 0.167. The van der Waals surface area contributed by atoms with Gasteiger partial charge in [-0.25, -0.2) is 0 Å². The topological polar surface area (TPSA) is 77.5 Å². The molecule has 0 rings (SSSR count). The van der Waals surface area contributed by atoms with Gasteiger partial charge in [-0.15, -0.1) is 0 Å². The average molecular weight is 403 g/mol. The van der Waals surface area contributed by atoms with Crippen molar-refractivity contribution in [1.82, 2.24) is 0 Å². The zero-order valence-electron chi connectivity index (χ0n) is 14.6. The Kier molecular flexibility index (Phi) is 105. The maximum Gasteiger partial charge on any atom is 0.335 e. The van der Waals surface area contributed by atoms with Crippen LogP contribution in [0.1, 0.15) is 13.8 Å². The van der Waals surface area contributed by atoms with Crippen molar-refractivity contribution in [1.29, 1.82) is 0 Å². The molecule has 0 amide bonds. The molecule has 0 unspecified atom stereocenters. The van der Waals surface area contributed by atoms with E-state index < -0.39 is 22.4 Å². The van der Waals surface area contributed by atoms with Crippen molar-refractivity contribution in [2.75, 3.05) is 51.8 Å². The predicted molar refractivity (Wildman–Crippen MR) is 105 cm³/mol. The molecule has 0 atom stereocenters. The number of ether oxygens (including phenoxy) is 1. The van der Waals surface area contributed by atoms with Crippen LogP contribution in [0.5, 0.6) is 0 Å². The monoisotopic (exact) mass is 402 g/mol. The van der Waals surface area contributed by atoms with E-state index in [1.54, 1.807) is 60.1 Å². The Bertz CT molecular complexity index is 185. The molecule has 21 heavy (non-hydrogen) atoms. The number of carbonyl (C=O) groups is 1. The van der Waals surface area contributed by atoms with E-state index in [1.807, 2.05) is 12.5 Å². The molecule has 0 radical (unpaired) electrons. The van der Waals surface area contributed by atoms with Gasteiger partial charge >= 0.3 is 11.6 Å².